The van der Waals surface area contributed by atoms with Gasteiger partial charge in [0.2, 0.25) is 0 Å². The predicted molar refractivity (Wildman–Crippen MR) is 80.8 cm³/mol. The predicted octanol–water partition coefficient (Wildman–Crippen LogP) is 3.34. The molecule has 0 aromatic carbocycles. The van der Waals surface area contributed by atoms with Crippen LogP contribution in [0, 0.1) is 0 Å². The van der Waals surface area contributed by atoms with Gasteiger partial charge in [-0.15, -0.1) is 0 Å². The molecule has 0 aliphatic heterocycles. The summed E-state index contributed by atoms with van der Waals surface area (Å²) in [6.07, 6.45) is 12.1. The van der Waals surface area contributed by atoms with Gasteiger partial charge in [0, 0.05) is 30.9 Å². The quantitative estimate of drug-likeness (QED) is 0.676. The molecule has 1 saturated carbocycles. The summed E-state index contributed by atoms with van der Waals surface area (Å²) in [5.74, 6) is -0.0613. The first-order valence-electron chi connectivity index (χ1n) is 7.27. The third kappa shape index (κ3) is 3.83. The van der Waals surface area contributed by atoms with E-state index in [1.807, 2.05) is 12.1 Å². The molecule has 1 aliphatic carbocycles. The molecule has 0 bridgehead atoms. The highest BCUT2D eigenvalue weighted by atomic mass is 16.4. The number of anilines is 1. The number of hydrogen-bond donors (Lipinski definition) is 1. The molecule has 0 saturated heterocycles. The molecule has 2 rings (SSSR count). The second-order valence-corrected chi connectivity index (χ2v) is 5.34. The van der Waals surface area contributed by atoms with Gasteiger partial charge in [-0.2, -0.15) is 0 Å². The zero-order chi connectivity index (χ0) is 14.4. The van der Waals surface area contributed by atoms with Gasteiger partial charge in [0.15, 0.2) is 0 Å². The fourth-order valence-corrected chi connectivity index (χ4v) is 2.81. The zero-order valence-corrected chi connectivity index (χ0v) is 12.0. The summed E-state index contributed by atoms with van der Waals surface area (Å²) < 4.78 is 0. The Hall–Kier alpha value is -1.84. The Morgan fingerprint density at radius 1 is 1.35 bits per heavy atom. The molecule has 1 aromatic heterocycles. The molecule has 1 N–H and O–H groups in total. The Kier molecular flexibility index (Phi) is 5.16. The Balaban J connectivity index is 2.19. The van der Waals surface area contributed by atoms with Crippen LogP contribution in [0.2, 0.25) is 0 Å². The molecule has 4 nitrogen and oxygen atoms in total. The van der Waals surface area contributed by atoms with Crippen molar-refractivity contribution >= 4 is 17.9 Å². The molecule has 4 heteroatoms. The van der Waals surface area contributed by atoms with Crippen LogP contribution in [0.3, 0.4) is 0 Å². The average molecular weight is 274 g/mol. The van der Waals surface area contributed by atoms with E-state index in [2.05, 4.69) is 16.9 Å². The van der Waals surface area contributed by atoms with Crippen molar-refractivity contribution in [1.82, 2.24) is 4.98 Å². The van der Waals surface area contributed by atoms with Crippen LogP contribution in [0.15, 0.2) is 24.4 Å². The third-order valence-corrected chi connectivity index (χ3v) is 3.93. The molecule has 0 atom stereocenters. The van der Waals surface area contributed by atoms with Gasteiger partial charge in [0.25, 0.3) is 0 Å². The minimum Gasteiger partial charge on any atom is -0.478 e. The molecule has 0 spiro atoms. The SMILES string of the molecule is CN(c1ncccc1/C=C/C(=O)O)C1CCCCCC1. The van der Waals surface area contributed by atoms with Crippen LogP contribution < -0.4 is 4.90 Å². The summed E-state index contributed by atoms with van der Waals surface area (Å²) in [6.45, 7) is 0. The number of rotatable bonds is 4. The first-order valence-corrected chi connectivity index (χ1v) is 7.27. The lowest BCUT2D eigenvalue weighted by Gasteiger charge is -2.29. The highest BCUT2D eigenvalue weighted by Crippen LogP contribution is 2.26. The zero-order valence-electron chi connectivity index (χ0n) is 12.0. The first-order chi connectivity index (χ1) is 9.68. The van der Waals surface area contributed by atoms with Crippen molar-refractivity contribution in [3.05, 3.63) is 30.0 Å². The van der Waals surface area contributed by atoms with Gasteiger partial charge in [-0.3, -0.25) is 0 Å². The van der Waals surface area contributed by atoms with E-state index in [4.69, 9.17) is 5.11 Å². The maximum Gasteiger partial charge on any atom is 0.328 e. The van der Waals surface area contributed by atoms with Gasteiger partial charge in [0.05, 0.1) is 0 Å². The lowest BCUT2D eigenvalue weighted by molar-refractivity contribution is -0.131. The van der Waals surface area contributed by atoms with Gasteiger partial charge in [-0.1, -0.05) is 25.7 Å². The molecular weight excluding hydrogens is 252 g/mol. The molecule has 0 radical (unpaired) electrons. The largest absolute Gasteiger partial charge is 0.478 e. The molecule has 1 aromatic rings. The lowest BCUT2D eigenvalue weighted by atomic mass is 10.1. The normalized spacial score (nSPS) is 17.1. The van der Waals surface area contributed by atoms with Crippen LogP contribution in [0.1, 0.15) is 44.1 Å². The van der Waals surface area contributed by atoms with Gasteiger partial charge in [-0.05, 0) is 31.1 Å². The fraction of sp³-hybridized carbons (Fsp3) is 0.500. The fourth-order valence-electron chi connectivity index (χ4n) is 2.81. The highest BCUT2D eigenvalue weighted by Gasteiger charge is 2.19. The number of hydrogen-bond acceptors (Lipinski definition) is 3. The van der Waals surface area contributed by atoms with E-state index < -0.39 is 5.97 Å². The van der Waals surface area contributed by atoms with Crippen molar-refractivity contribution in [1.29, 1.82) is 0 Å². The molecule has 20 heavy (non-hydrogen) atoms. The summed E-state index contributed by atoms with van der Waals surface area (Å²) >= 11 is 0. The van der Waals surface area contributed by atoms with Crippen molar-refractivity contribution in [3.8, 4) is 0 Å². The molecule has 108 valence electrons. The highest BCUT2D eigenvalue weighted by molar-refractivity contribution is 5.86. The molecule has 1 fully saturated rings. The smallest absolute Gasteiger partial charge is 0.328 e. The number of nitrogens with zero attached hydrogens (tertiary/aromatic N) is 2. The second kappa shape index (κ2) is 7.08. The number of carboxylic acids is 1. The van der Waals surface area contributed by atoms with Gasteiger partial charge in [0.1, 0.15) is 5.82 Å². The van der Waals surface area contributed by atoms with E-state index in [1.165, 1.54) is 44.6 Å². The van der Waals surface area contributed by atoms with E-state index in [-0.39, 0.29) is 0 Å². The van der Waals surface area contributed by atoms with E-state index in [1.54, 1.807) is 12.3 Å². The van der Waals surface area contributed by atoms with Crippen molar-refractivity contribution in [2.75, 3.05) is 11.9 Å². The summed E-state index contributed by atoms with van der Waals surface area (Å²) in [6, 6.07) is 4.25. The number of pyridine rings is 1. The number of carbonyl (C=O) groups is 1. The van der Waals surface area contributed by atoms with E-state index in [0.29, 0.717) is 6.04 Å². The Morgan fingerprint density at radius 3 is 2.70 bits per heavy atom. The Labute approximate surface area is 120 Å². The summed E-state index contributed by atoms with van der Waals surface area (Å²) in [7, 11) is 2.07. The Morgan fingerprint density at radius 2 is 2.05 bits per heavy atom. The third-order valence-electron chi connectivity index (χ3n) is 3.93. The van der Waals surface area contributed by atoms with E-state index in [0.717, 1.165) is 11.4 Å². The maximum atomic E-state index is 10.7. The lowest BCUT2D eigenvalue weighted by Crippen LogP contribution is -2.32. The molecule has 0 unspecified atom stereocenters. The minimum absolute atomic E-state index is 0.504. The number of carboxylic acid groups (broad SMARTS) is 1. The van der Waals surface area contributed by atoms with Gasteiger partial charge < -0.3 is 10.0 Å². The van der Waals surface area contributed by atoms with Crippen LogP contribution >= 0.6 is 0 Å². The van der Waals surface area contributed by atoms with Gasteiger partial charge >= 0.3 is 5.97 Å². The summed E-state index contributed by atoms with van der Waals surface area (Å²) in [5.41, 5.74) is 0.863. The van der Waals surface area contributed by atoms with Gasteiger partial charge in [-0.25, -0.2) is 9.78 Å². The maximum absolute atomic E-state index is 10.7. The van der Waals surface area contributed by atoms with Crippen molar-refractivity contribution in [2.45, 2.75) is 44.6 Å². The summed E-state index contributed by atoms with van der Waals surface area (Å²) in [4.78, 5) is 17.3. The Bertz CT molecular complexity index is 477. The van der Waals surface area contributed by atoms with Crippen LogP contribution in [0.4, 0.5) is 5.82 Å². The van der Waals surface area contributed by atoms with Crippen molar-refractivity contribution in [2.24, 2.45) is 0 Å². The number of aliphatic carboxylic acids is 1. The van der Waals surface area contributed by atoms with Crippen LogP contribution in [0.25, 0.3) is 6.08 Å². The molecule has 0 amide bonds. The topological polar surface area (TPSA) is 53.4 Å². The standard InChI is InChI=1S/C16H22N2O2/c1-18(14-8-4-2-3-5-9-14)16-13(7-6-12-17-16)10-11-15(19)20/h6-7,10-12,14H,2-5,8-9H2,1H3,(H,19,20)/b11-10+. The van der Waals surface area contributed by atoms with E-state index >= 15 is 0 Å². The van der Waals surface area contributed by atoms with Crippen molar-refractivity contribution < 1.29 is 9.90 Å². The minimum atomic E-state index is -0.933. The van der Waals surface area contributed by atoms with Crippen LogP contribution in [-0.4, -0.2) is 29.1 Å². The average Bonchev–Trinajstić information content (AvgIpc) is 2.73. The molecule has 1 heterocycles. The second-order valence-electron chi connectivity index (χ2n) is 5.34. The monoisotopic (exact) mass is 274 g/mol. The van der Waals surface area contributed by atoms with E-state index in [9.17, 15) is 4.79 Å². The first kappa shape index (κ1) is 14.6. The van der Waals surface area contributed by atoms with Crippen LogP contribution in [0.5, 0.6) is 0 Å². The van der Waals surface area contributed by atoms with Crippen LogP contribution in [-0.2, 0) is 4.79 Å². The summed E-state index contributed by atoms with van der Waals surface area (Å²) in [5, 5.41) is 8.77. The number of aromatic nitrogens is 1. The molecule has 1 aliphatic rings. The van der Waals surface area contributed by atoms with Crippen molar-refractivity contribution in [3.63, 3.8) is 0 Å². The molecular formula is C16H22N2O2.